The summed E-state index contributed by atoms with van der Waals surface area (Å²) < 4.78 is 0. The van der Waals surface area contributed by atoms with Gasteiger partial charge in [-0.25, -0.2) is 4.98 Å². The maximum Gasteiger partial charge on any atom is 0.252 e. The summed E-state index contributed by atoms with van der Waals surface area (Å²) in [4.78, 5) is 20.4. The SMILES string of the molecule is NC(=O)c1cnc(Nc2ccc3ncccc3c2)cc1NCc1ccccc1. The second-order valence-corrected chi connectivity index (χ2v) is 6.35. The van der Waals surface area contributed by atoms with E-state index >= 15 is 0 Å². The smallest absolute Gasteiger partial charge is 0.252 e. The number of carbonyl (C=O) groups is 1. The van der Waals surface area contributed by atoms with Crippen molar-refractivity contribution in [3.8, 4) is 0 Å². The van der Waals surface area contributed by atoms with Crippen LogP contribution in [0.5, 0.6) is 0 Å². The van der Waals surface area contributed by atoms with Gasteiger partial charge >= 0.3 is 0 Å². The molecule has 0 spiro atoms. The normalized spacial score (nSPS) is 10.6. The molecule has 0 radical (unpaired) electrons. The largest absolute Gasteiger partial charge is 0.380 e. The summed E-state index contributed by atoms with van der Waals surface area (Å²) >= 11 is 0. The van der Waals surface area contributed by atoms with E-state index < -0.39 is 5.91 Å². The van der Waals surface area contributed by atoms with Gasteiger partial charge in [0.25, 0.3) is 5.91 Å². The molecule has 0 aliphatic heterocycles. The van der Waals surface area contributed by atoms with Crippen molar-refractivity contribution in [1.82, 2.24) is 9.97 Å². The first-order valence-corrected chi connectivity index (χ1v) is 8.88. The summed E-state index contributed by atoms with van der Waals surface area (Å²) in [5.41, 5.74) is 9.40. The van der Waals surface area contributed by atoms with Gasteiger partial charge in [-0.3, -0.25) is 9.78 Å². The topological polar surface area (TPSA) is 92.9 Å². The number of carbonyl (C=O) groups excluding carboxylic acids is 1. The summed E-state index contributed by atoms with van der Waals surface area (Å²) in [5, 5.41) is 7.58. The second-order valence-electron chi connectivity index (χ2n) is 6.35. The Kier molecular flexibility index (Phi) is 4.84. The lowest BCUT2D eigenvalue weighted by molar-refractivity contribution is 0.100. The van der Waals surface area contributed by atoms with Crippen LogP contribution in [0.25, 0.3) is 10.9 Å². The fraction of sp³-hybridized carbons (Fsp3) is 0.0455. The third-order valence-electron chi connectivity index (χ3n) is 4.37. The lowest BCUT2D eigenvalue weighted by Gasteiger charge is -2.13. The molecule has 6 nitrogen and oxygen atoms in total. The van der Waals surface area contributed by atoms with Crippen molar-refractivity contribution in [3.63, 3.8) is 0 Å². The fourth-order valence-corrected chi connectivity index (χ4v) is 2.96. The zero-order chi connectivity index (χ0) is 19.3. The highest BCUT2D eigenvalue weighted by atomic mass is 16.1. The maximum atomic E-state index is 11.8. The van der Waals surface area contributed by atoms with Crippen LogP contribution in [0.3, 0.4) is 0 Å². The molecule has 0 aliphatic rings. The molecule has 6 heteroatoms. The molecule has 4 rings (SSSR count). The predicted octanol–water partition coefficient (Wildman–Crippen LogP) is 4.08. The Hall–Kier alpha value is -3.93. The van der Waals surface area contributed by atoms with Crippen LogP contribution < -0.4 is 16.4 Å². The quantitative estimate of drug-likeness (QED) is 0.476. The number of benzene rings is 2. The average Bonchev–Trinajstić information content (AvgIpc) is 2.73. The number of hydrogen-bond acceptors (Lipinski definition) is 5. The Balaban J connectivity index is 1.59. The van der Waals surface area contributed by atoms with Crippen molar-refractivity contribution < 1.29 is 4.79 Å². The maximum absolute atomic E-state index is 11.8. The lowest BCUT2D eigenvalue weighted by atomic mass is 10.1. The van der Waals surface area contributed by atoms with Gasteiger partial charge in [0.15, 0.2) is 0 Å². The van der Waals surface area contributed by atoms with Gasteiger partial charge in [-0.15, -0.1) is 0 Å². The van der Waals surface area contributed by atoms with E-state index in [9.17, 15) is 4.79 Å². The lowest BCUT2D eigenvalue weighted by Crippen LogP contribution is -2.15. The van der Waals surface area contributed by atoms with Gasteiger partial charge in [0.05, 0.1) is 16.8 Å². The number of rotatable bonds is 6. The third-order valence-corrected chi connectivity index (χ3v) is 4.37. The molecule has 1 amide bonds. The molecular weight excluding hydrogens is 350 g/mol. The van der Waals surface area contributed by atoms with Crippen molar-refractivity contribution in [2.45, 2.75) is 6.54 Å². The third kappa shape index (κ3) is 3.91. The highest BCUT2D eigenvalue weighted by molar-refractivity contribution is 5.98. The van der Waals surface area contributed by atoms with Gasteiger partial charge in [-0.2, -0.15) is 0 Å². The molecule has 0 aliphatic carbocycles. The van der Waals surface area contributed by atoms with E-state index in [1.807, 2.05) is 60.7 Å². The predicted molar refractivity (Wildman–Crippen MR) is 112 cm³/mol. The van der Waals surface area contributed by atoms with Crippen molar-refractivity contribution in [2.24, 2.45) is 5.73 Å². The zero-order valence-electron chi connectivity index (χ0n) is 15.1. The summed E-state index contributed by atoms with van der Waals surface area (Å²) in [5.74, 6) is 0.0928. The number of primary amides is 1. The molecule has 4 aromatic rings. The number of nitrogens with two attached hydrogens (primary N) is 1. The standard InChI is InChI=1S/C22H19N5O/c23-22(28)18-14-26-21(12-20(18)25-13-15-5-2-1-3-6-15)27-17-8-9-19-16(11-17)7-4-10-24-19/h1-12,14H,13H2,(H2,23,28)(H2,25,26,27). The molecule has 4 N–H and O–H groups in total. The van der Waals surface area contributed by atoms with E-state index in [1.165, 1.54) is 6.20 Å². The van der Waals surface area contributed by atoms with Crippen LogP contribution in [0.2, 0.25) is 0 Å². The highest BCUT2D eigenvalue weighted by Gasteiger charge is 2.11. The van der Waals surface area contributed by atoms with Gasteiger partial charge in [-0.05, 0) is 29.8 Å². The number of aromatic nitrogens is 2. The van der Waals surface area contributed by atoms with Crippen LogP contribution in [-0.2, 0) is 6.54 Å². The zero-order valence-corrected chi connectivity index (χ0v) is 15.1. The van der Waals surface area contributed by atoms with Gasteiger partial charge in [0, 0.05) is 36.1 Å². The van der Waals surface area contributed by atoms with E-state index in [0.29, 0.717) is 23.6 Å². The molecule has 0 atom stereocenters. The highest BCUT2D eigenvalue weighted by Crippen LogP contribution is 2.24. The Morgan fingerprint density at radius 2 is 1.82 bits per heavy atom. The monoisotopic (exact) mass is 369 g/mol. The first-order chi connectivity index (χ1) is 13.7. The molecule has 0 saturated heterocycles. The van der Waals surface area contributed by atoms with E-state index in [-0.39, 0.29) is 0 Å². The Morgan fingerprint density at radius 1 is 0.964 bits per heavy atom. The molecule has 0 unspecified atom stereocenters. The average molecular weight is 369 g/mol. The molecule has 0 fully saturated rings. The molecule has 138 valence electrons. The molecular formula is C22H19N5O. The van der Waals surface area contributed by atoms with Crippen LogP contribution >= 0.6 is 0 Å². The Morgan fingerprint density at radius 3 is 2.64 bits per heavy atom. The number of amides is 1. The van der Waals surface area contributed by atoms with Gasteiger partial charge in [-0.1, -0.05) is 36.4 Å². The summed E-state index contributed by atoms with van der Waals surface area (Å²) in [6, 6.07) is 21.5. The molecule has 2 heterocycles. The first kappa shape index (κ1) is 17.5. The summed E-state index contributed by atoms with van der Waals surface area (Å²) in [6.45, 7) is 0.576. The van der Waals surface area contributed by atoms with E-state index in [1.54, 1.807) is 12.3 Å². The van der Waals surface area contributed by atoms with Gasteiger partial charge < -0.3 is 16.4 Å². The van der Waals surface area contributed by atoms with E-state index in [4.69, 9.17) is 5.73 Å². The van der Waals surface area contributed by atoms with Crippen LogP contribution in [0.15, 0.2) is 79.1 Å². The molecule has 0 bridgehead atoms. The summed E-state index contributed by atoms with van der Waals surface area (Å²) in [6.07, 6.45) is 3.25. The van der Waals surface area contributed by atoms with Crippen molar-refractivity contribution in [3.05, 3.63) is 90.3 Å². The number of fused-ring (bicyclic) bond motifs is 1. The molecule has 2 aromatic carbocycles. The van der Waals surface area contributed by atoms with Gasteiger partial charge in [0.2, 0.25) is 0 Å². The molecule has 28 heavy (non-hydrogen) atoms. The second kappa shape index (κ2) is 7.75. The molecule has 2 aromatic heterocycles. The van der Waals surface area contributed by atoms with Crippen molar-refractivity contribution >= 4 is 34.0 Å². The Bertz CT molecular complexity index is 1130. The van der Waals surface area contributed by atoms with Crippen LogP contribution in [-0.4, -0.2) is 15.9 Å². The number of pyridine rings is 2. The number of anilines is 3. The van der Waals surface area contributed by atoms with Crippen molar-refractivity contribution in [2.75, 3.05) is 10.6 Å². The minimum atomic E-state index is -0.522. The first-order valence-electron chi connectivity index (χ1n) is 8.88. The van der Waals surface area contributed by atoms with Crippen LogP contribution in [0, 0.1) is 0 Å². The van der Waals surface area contributed by atoms with E-state index in [2.05, 4.69) is 20.6 Å². The van der Waals surface area contributed by atoms with Crippen molar-refractivity contribution in [1.29, 1.82) is 0 Å². The summed E-state index contributed by atoms with van der Waals surface area (Å²) in [7, 11) is 0. The molecule has 0 saturated carbocycles. The van der Waals surface area contributed by atoms with E-state index in [0.717, 1.165) is 22.2 Å². The Labute approximate surface area is 162 Å². The van der Waals surface area contributed by atoms with Gasteiger partial charge in [0.1, 0.15) is 5.82 Å². The number of nitrogens with zero attached hydrogens (tertiary/aromatic N) is 2. The number of nitrogens with one attached hydrogen (secondary N) is 2. The minimum Gasteiger partial charge on any atom is -0.380 e. The number of hydrogen-bond donors (Lipinski definition) is 3. The fourth-order valence-electron chi connectivity index (χ4n) is 2.96. The van der Waals surface area contributed by atoms with Crippen LogP contribution in [0.1, 0.15) is 15.9 Å². The van der Waals surface area contributed by atoms with Crippen LogP contribution in [0.4, 0.5) is 17.2 Å². The minimum absolute atomic E-state index is 0.351.